The second-order valence-electron chi connectivity index (χ2n) is 5.83. The van der Waals surface area contributed by atoms with E-state index in [0.717, 1.165) is 32.4 Å². The molecule has 0 fully saturated rings. The molecule has 1 heterocycles. The molecule has 1 atom stereocenters. The quantitative estimate of drug-likeness (QED) is 0.474. The van der Waals surface area contributed by atoms with E-state index in [4.69, 9.17) is 23.2 Å². The van der Waals surface area contributed by atoms with Crippen LogP contribution in [0, 0.1) is 0 Å². The average molecular weight is 340 g/mol. The molecule has 1 aliphatic rings. The Hall–Kier alpha value is -1.96. The van der Waals surface area contributed by atoms with E-state index in [1.807, 2.05) is 24.3 Å². The third kappa shape index (κ3) is 2.50. The lowest BCUT2D eigenvalue weighted by Gasteiger charge is -2.26. The molecule has 0 radical (unpaired) electrons. The minimum atomic E-state index is 0.176. The molecule has 1 nitrogen and oxygen atoms in total. The Labute approximate surface area is 145 Å². The van der Waals surface area contributed by atoms with Gasteiger partial charge in [-0.25, -0.2) is 0 Å². The maximum atomic E-state index is 6.29. The summed E-state index contributed by atoms with van der Waals surface area (Å²) in [5, 5.41) is 5.07. The van der Waals surface area contributed by atoms with Crippen LogP contribution in [0.3, 0.4) is 0 Å². The molecule has 3 heteroatoms. The van der Waals surface area contributed by atoms with E-state index in [1.54, 1.807) is 0 Å². The molecular formula is C20H15Cl2N. The van der Waals surface area contributed by atoms with Crippen molar-refractivity contribution in [2.45, 2.75) is 13.0 Å². The van der Waals surface area contributed by atoms with Crippen LogP contribution in [0.4, 0.5) is 5.69 Å². The summed E-state index contributed by atoms with van der Waals surface area (Å²) in [6.45, 7) is 2.17. The first-order chi connectivity index (χ1) is 11.1. The van der Waals surface area contributed by atoms with Gasteiger partial charge < -0.3 is 5.32 Å². The molecule has 0 amide bonds. The zero-order chi connectivity index (χ0) is 16.0. The number of rotatable bonds is 0. The van der Waals surface area contributed by atoms with E-state index in [1.165, 1.54) is 11.1 Å². The van der Waals surface area contributed by atoms with Gasteiger partial charge in [-0.15, -0.1) is 0 Å². The van der Waals surface area contributed by atoms with Crippen LogP contribution < -0.4 is 5.32 Å². The molecule has 0 saturated heterocycles. The topological polar surface area (TPSA) is 12.0 Å². The van der Waals surface area contributed by atoms with Crippen LogP contribution in [-0.2, 0) is 0 Å². The molecule has 3 aromatic rings. The molecular weight excluding hydrogens is 325 g/mol. The zero-order valence-corrected chi connectivity index (χ0v) is 14.1. The lowest BCUT2D eigenvalue weighted by molar-refractivity contribution is 0.886. The molecule has 0 aliphatic carbocycles. The Balaban J connectivity index is 2.10. The lowest BCUT2D eigenvalue weighted by atomic mass is 9.87. The number of nitrogens with one attached hydrogen (secondary N) is 1. The van der Waals surface area contributed by atoms with E-state index < -0.39 is 0 Å². The normalized spacial score (nSPS) is 15.5. The monoisotopic (exact) mass is 339 g/mol. The van der Waals surface area contributed by atoms with Gasteiger partial charge >= 0.3 is 0 Å². The van der Waals surface area contributed by atoms with E-state index in [9.17, 15) is 0 Å². The number of hydrogen-bond donors (Lipinski definition) is 1. The first-order valence-corrected chi connectivity index (χ1v) is 8.34. The van der Waals surface area contributed by atoms with Crippen LogP contribution in [0.1, 0.15) is 18.5 Å². The predicted molar refractivity (Wildman–Crippen MR) is 99.4 cm³/mol. The summed E-state index contributed by atoms with van der Waals surface area (Å²) >= 11 is 12.5. The Kier molecular flexibility index (Phi) is 3.56. The minimum absolute atomic E-state index is 0.176. The van der Waals surface area contributed by atoms with E-state index in [-0.39, 0.29) is 6.04 Å². The van der Waals surface area contributed by atoms with Crippen molar-refractivity contribution in [2.75, 3.05) is 5.32 Å². The third-order valence-corrected chi connectivity index (χ3v) is 4.81. The Morgan fingerprint density at radius 3 is 2.26 bits per heavy atom. The van der Waals surface area contributed by atoms with Crippen molar-refractivity contribution < 1.29 is 0 Å². The molecule has 0 saturated carbocycles. The second-order valence-corrected chi connectivity index (χ2v) is 6.71. The summed E-state index contributed by atoms with van der Waals surface area (Å²) < 4.78 is 0. The third-order valence-electron chi connectivity index (χ3n) is 4.34. The maximum absolute atomic E-state index is 6.29. The van der Waals surface area contributed by atoms with Gasteiger partial charge in [0.25, 0.3) is 0 Å². The fourth-order valence-corrected chi connectivity index (χ4v) is 3.62. The van der Waals surface area contributed by atoms with Crippen molar-refractivity contribution >= 4 is 28.9 Å². The highest BCUT2D eigenvalue weighted by Crippen LogP contribution is 2.44. The van der Waals surface area contributed by atoms with Crippen molar-refractivity contribution in [3.8, 4) is 22.3 Å². The highest BCUT2D eigenvalue weighted by Gasteiger charge is 2.21. The van der Waals surface area contributed by atoms with E-state index in [2.05, 4.69) is 48.6 Å². The van der Waals surface area contributed by atoms with Crippen LogP contribution in [0.5, 0.6) is 0 Å². The second kappa shape index (κ2) is 5.59. The van der Waals surface area contributed by atoms with Crippen LogP contribution in [-0.4, -0.2) is 0 Å². The largest absolute Gasteiger partial charge is 0.378 e. The van der Waals surface area contributed by atoms with Gasteiger partial charge in [0.1, 0.15) is 0 Å². The molecule has 0 bridgehead atoms. The Morgan fingerprint density at radius 2 is 1.43 bits per heavy atom. The molecule has 4 rings (SSSR count). The number of halogens is 2. The summed E-state index contributed by atoms with van der Waals surface area (Å²) in [4.78, 5) is 0. The summed E-state index contributed by atoms with van der Waals surface area (Å²) in [5.74, 6) is 0. The summed E-state index contributed by atoms with van der Waals surface area (Å²) in [6.07, 6.45) is 0. The van der Waals surface area contributed by atoms with Crippen LogP contribution in [0.15, 0.2) is 60.7 Å². The van der Waals surface area contributed by atoms with Gasteiger partial charge in [-0.1, -0.05) is 59.6 Å². The van der Waals surface area contributed by atoms with Crippen molar-refractivity contribution in [1.82, 2.24) is 0 Å². The average Bonchev–Trinajstić information content (AvgIpc) is 2.54. The smallest absolute Gasteiger partial charge is 0.0492 e. The fraction of sp³-hybridized carbons (Fsp3) is 0.100. The van der Waals surface area contributed by atoms with Gasteiger partial charge in [-0.3, -0.25) is 0 Å². The van der Waals surface area contributed by atoms with E-state index >= 15 is 0 Å². The zero-order valence-electron chi connectivity index (χ0n) is 12.6. The highest BCUT2D eigenvalue weighted by atomic mass is 35.5. The van der Waals surface area contributed by atoms with Gasteiger partial charge in [0.05, 0.1) is 0 Å². The molecule has 0 spiro atoms. The summed E-state index contributed by atoms with van der Waals surface area (Å²) in [7, 11) is 0. The van der Waals surface area contributed by atoms with Gasteiger partial charge in [-0.2, -0.15) is 0 Å². The van der Waals surface area contributed by atoms with E-state index in [0.29, 0.717) is 0 Å². The SMILES string of the molecule is C[C@H]1Nc2cc(Cl)ccc2-c2ccc(Cl)cc2-c2ccccc21. The molecule has 0 unspecified atom stereocenters. The van der Waals surface area contributed by atoms with Gasteiger partial charge in [0.15, 0.2) is 0 Å². The highest BCUT2D eigenvalue weighted by molar-refractivity contribution is 6.31. The van der Waals surface area contributed by atoms with Crippen LogP contribution in [0.25, 0.3) is 22.3 Å². The predicted octanol–water partition coefficient (Wildman–Crippen LogP) is 6.81. The van der Waals surface area contributed by atoms with Crippen molar-refractivity contribution in [3.63, 3.8) is 0 Å². The number of fused-ring (bicyclic) bond motifs is 5. The van der Waals surface area contributed by atoms with Gasteiger partial charge in [0, 0.05) is 27.3 Å². The fourth-order valence-electron chi connectivity index (χ4n) is 3.28. The summed E-state index contributed by atoms with van der Waals surface area (Å²) in [5.41, 5.74) is 6.97. The Bertz CT molecular complexity index is 902. The maximum Gasteiger partial charge on any atom is 0.0492 e. The molecule has 3 aromatic carbocycles. The van der Waals surface area contributed by atoms with Gasteiger partial charge in [0.2, 0.25) is 0 Å². The molecule has 1 aliphatic heterocycles. The molecule has 114 valence electrons. The van der Waals surface area contributed by atoms with Crippen LogP contribution in [0.2, 0.25) is 10.0 Å². The number of hydrogen-bond acceptors (Lipinski definition) is 1. The molecule has 23 heavy (non-hydrogen) atoms. The minimum Gasteiger partial charge on any atom is -0.378 e. The first-order valence-electron chi connectivity index (χ1n) is 7.59. The number of benzene rings is 3. The molecule has 1 N–H and O–H groups in total. The standard InChI is InChI=1S/C20H15Cl2N/c1-12-15-4-2-3-5-16(15)19-10-13(21)6-8-17(19)18-9-7-14(22)11-20(18)23-12/h2-12,23H,1H3/t12-/m1/s1. The Morgan fingerprint density at radius 1 is 0.739 bits per heavy atom. The van der Waals surface area contributed by atoms with Crippen molar-refractivity contribution in [3.05, 3.63) is 76.3 Å². The summed E-state index contributed by atoms with van der Waals surface area (Å²) in [6, 6.07) is 20.7. The van der Waals surface area contributed by atoms with Crippen LogP contribution >= 0.6 is 23.2 Å². The van der Waals surface area contributed by atoms with Gasteiger partial charge in [-0.05, 0) is 53.4 Å². The number of anilines is 1. The first kappa shape index (κ1) is 14.6. The lowest BCUT2D eigenvalue weighted by Crippen LogP contribution is -2.11. The van der Waals surface area contributed by atoms with Crippen molar-refractivity contribution in [2.24, 2.45) is 0 Å². The molecule has 0 aromatic heterocycles. The van der Waals surface area contributed by atoms with Crippen molar-refractivity contribution in [1.29, 1.82) is 0 Å².